The zero-order valence-electron chi connectivity index (χ0n) is 13.2. The van der Waals surface area contributed by atoms with Gasteiger partial charge in [0.2, 0.25) is 0 Å². The highest BCUT2D eigenvalue weighted by Gasteiger charge is 2.51. The molecule has 1 unspecified atom stereocenters. The highest BCUT2D eigenvalue weighted by molar-refractivity contribution is 6.22. The molecule has 3 rings (SSSR count). The first kappa shape index (κ1) is 15.2. The number of rotatable bonds is 4. The molecule has 5 nitrogen and oxygen atoms in total. The number of anilines is 1. The number of nitrogens with one attached hydrogen (secondary N) is 1. The van der Waals surface area contributed by atoms with Gasteiger partial charge in [0.1, 0.15) is 0 Å². The van der Waals surface area contributed by atoms with Gasteiger partial charge >= 0.3 is 6.03 Å². The van der Waals surface area contributed by atoms with Crippen LogP contribution in [0.15, 0.2) is 60.7 Å². The number of carbonyl (C=O) groups excluding carboxylic acids is 2. The van der Waals surface area contributed by atoms with Crippen molar-refractivity contribution < 1.29 is 9.59 Å². The molecule has 1 fully saturated rings. The molecule has 1 N–H and O–H groups in total. The molecule has 23 heavy (non-hydrogen) atoms. The molecule has 2 aromatic carbocycles. The molecule has 1 aliphatic heterocycles. The largest absolute Gasteiger partial charge is 0.330 e. The maximum absolute atomic E-state index is 12.9. The molecule has 0 bridgehead atoms. The Kier molecular flexibility index (Phi) is 3.88. The van der Waals surface area contributed by atoms with Gasteiger partial charge in [0.15, 0.2) is 5.66 Å². The van der Waals surface area contributed by atoms with Crippen molar-refractivity contribution in [1.29, 1.82) is 0 Å². The van der Waals surface area contributed by atoms with Crippen molar-refractivity contribution >= 4 is 17.6 Å². The lowest BCUT2D eigenvalue weighted by Crippen LogP contribution is -2.56. The van der Waals surface area contributed by atoms with Crippen LogP contribution < -0.4 is 10.2 Å². The van der Waals surface area contributed by atoms with Crippen LogP contribution in [0.4, 0.5) is 10.5 Å². The van der Waals surface area contributed by atoms with E-state index in [0.29, 0.717) is 12.2 Å². The lowest BCUT2D eigenvalue weighted by Gasteiger charge is -2.32. The van der Waals surface area contributed by atoms with Gasteiger partial charge in [-0.05, 0) is 31.7 Å². The fourth-order valence-electron chi connectivity index (χ4n) is 2.71. The van der Waals surface area contributed by atoms with Gasteiger partial charge in [-0.15, -0.1) is 0 Å². The van der Waals surface area contributed by atoms with Crippen molar-refractivity contribution in [3.63, 3.8) is 0 Å². The first-order valence-corrected chi connectivity index (χ1v) is 7.49. The highest BCUT2D eigenvalue weighted by Crippen LogP contribution is 2.27. The van der Waals surface area contributed by atoms with Crippen LogP contribution in [-0.4, -0.2) is 29.5 Å². The van der Waals surface area contributed by atoms with Gasteiger partial charge in [0, 0.05) is 6.54 Å². The number of urea groups is 1. The average molecular weight is 309 g/mol. The Morgan fingerprint density at radius 3 is 2.17 bits per heavy atom. The van der Waals surface area contributed by atoms with Crippen LogP contribution in [0, 0.1) is 0 Å². The van der Waals surface area contributed by atoms with Crippen molar-refractivity contribution in [2.45, 2.75) is 19.1 Å². The second kappa shape index (κ2) is 5.85. The topological polar surface area (TPSA) is 52.7 Å². The number of nitrogens with zero attached hydrogens (tertiary/aromatic N) is 2. The summed E-state index contributed by atoms with van der Waals surface area (Å²) >= 11 is 0. The Morgan fingerprint density at radius 1 is 1.00 bits per heavy atom. The number of likely N-dealkylation sites (N-methyl/N-ethyl adjacent to an activating group) is 1. The van der Waals surface area contributed by atoms with Crippen LogP contribution in [0.5, 0.6) is 0 Å². The number of carbonyl (C=O) groups is 2. The normalized spacial score (nSPS) is 20.9. The minimum atomic E-state index is -1.07. The predicted molar refractivity (Wildman–Crippen MR) is 88.8 cm³/mol. The van der Waals surface area contributed by atoms with E-state index in [1.165, 1.54) is 4.90 Å². The van der Waals surface area contributed by atoms with Crippen LogP contribution in [0.1, 0.15) is 12.5 Å². The van der Waals surface area contributed by atoms with Gasteiger partial charge in [0.25, 0.3) is 5.91 Å². The Bertz CT molecular complexity index is 718. The molecule has 118 valence electrons. The zero-order chi connectivity index (χ0) is 16.4. The summed E-state index contributed by atoms with van der Waals surface area (Å²) in [5.74, 6) is -0.271. The van der Waals surface area contributed by atoms with Gasteiger partial charge in [-0.1, -0.05) is 48.5 Å². The Hall–Kier alpha value is -2.66. The van der Waals surface area contributed by atoms with Crippen molar-refractivity contribution in [3.8, 4) is 0 Å². The van der Waals surface area contributed by atoms with Crippen molar-refractivity contribution in [1.82, 2.24) is 10.2 Å². The maximum atomic E-state index is 12.9. The smallest absolute Gasteiger partial charge is 0.311 e. The Labute approximate surface area is 135 Å². The second-order valence-corrected chi connectivity index (χ2v) is 5.82. The number of benzene rings is 2. The van der Waals surface area contributed by atoms with E-state index < -0.39 is 11.7 Å². The van der Waals surface area contributed by atoms with Crippen LogP contribution in [0.3, 0.4) is 0 Å². The Morgan fingerprint density at radius 2 is 1.57 bits per heavy atom. The highest BCUT2D eigenvalue weighted by atomic mass is 16.2. The average Bonchev–Trinajstić information content (AvgIpc) is 2.79. The molecule has 5 heteroatoms. The molecule has 1 heterocycles. The molecule has 3 amide bonds. The molecule has 0 radical (unpaired) electrons. The molecule has 2 aromatic rings. The third-order valence-corrected chi connectivity index (χ3v) is 4.21. The van der Waals surface area contributed by atoms with Gasteiger partial charge in [-0.2, -0.15) is 0 Å². The number of hydrogen-bond acceptors (Lipinski definition) is 3. The summed E-state index contributed by atoms with van der Waals surface area (Å²) in [7, 11) is 1.83. The second-order valence-electron chi connectivity index (χ2n) is 5.82. The summed E-state index contributed by atoms with van der Waals surface area (Å²) in [5, 5.41) is 2.81. The third-order valence-electron chi connectivity index (χ3n) is 4.21. The summed E-state index contributed by atoms with van der Waals surface area (Å²) < 4.78 is 0. The summed E-state index contributed by atoms with van der Waals surface area (Å²) in [6, 6.07) is 18.4. The standard InChI is InChI=1S/C18H19N3O2/c1-18(20(2)13-14-9-5-3-6-10-14)16(22)21(17(23)19-18)15-11-7-4-8-12-15/h3-12H,13H2,1-2H3,(H,19,23). The first-order chi connectivity index (χ1) is 11.0. The van der Waals surface area contributed by atoms with Gasteiger partial charge in [0.05, 0.1) is 5.69 Å². The SMILES string of the molecule is CN(Cc1ccccc1)C1(C)NC(=O)N(c2ccccc2)C1=O. The summed E-state index contributed by atoms with van der Waals surface area (Å²) in [5.41, 5.74) is 0.589. The van der Waals surface area contributed by atoms with Crippen LogP contribution >= 0.6 is 0 Å². The summed E-state index contributed by atoms with van der Waals surface area (Å²) in [6.07, 6.45) is 0. The molecule has 1 saturated heterocycles. The number of hydrogen-bond donors (Lipinski definition) is 1. The van der Waals surface area contributed by atoms with E-state index in [-0.39, 0.29) is 5.91 Å². The minimum absolute atomic E-state index is 0.271. The van der Waals surface area contributed by atoms with Crippen molar-refractivity contribution in [2.75, 3.05) is 11.9 Å². The first-order valence-electron chi connectivity index (χ1n) is 7.49. The zero-order valence-corrected chi connectivity index (χ0v) is 13.2. The Balaban J connectivity index is 1.85. The third kappa shape index (κ3) is 2.71. The molecular weight excluding hydrogens is 290 g/mol. The number of para-hydroxylation sites is 1. The molecule has 0 spiro atoms. The lowest BCUT2D eigenvalue weighted by atomic mass is 10.1. The fourth-order valence-corrected chi connectivity index (χ4v) is 2.71. The van der Waals surface area contributed by atoms with E-state index in [4.69, 9.17) is 0 Å². The molecule has 0 aliphatic carbocycles. The van der Waals surface area contributed by atoms with Gasteiger partial charge < -0.3 is 5.32 Å². The van der Waals surface area contributed by atoms with E-state index in [2.05, 4.69) is 5.32 Å². The molecule has 0 saturated carbocycles. The van der Waals surface area contributed by atoms with Crippen molar-refractivity contribution in [2.24, 2.45) is 0 Å². The van der Waals surface area contributed by atoms with Crippen LogP contribution in [0.2, 0.25) is 0 Å². The van der Waals surface area contributed by atoms with Gasteiger partial charge in [-0.3, -0.25) is 9.69 Å². The summed E-state index contributed by atoms with van der Waals surface area (Å²) in [6.45, 7) is 2.30. The fraction of sp³-hybridized carbons (Fsp3) is 0.222. The van der Waals surface area contributed by atoms with E-state index in [9.17, 15) is 9.59 Å². The maximum Gasteiger partial charge on any atom is 0.330 e. The molecule has 1 atom stereocenters. The predicted octanol–water partition coefficient (Wildman–Crippen LogP) is 2.59. The van der Waals surface area contributed by atoms with Gasteiger partial charge in [-0.25, -0.2) is 9.69 Å². The van der Waals surface area contributed by atoms with Crippen molar-refractivity contribution in [3.05, 3.63) is 66.2 Å². The molecular formula is C18H19N3O2. The van der Waals surface area contributed by atoms with Crippen LogP contribution in [-0.2, 0) is 11.3 Å². The molecule has 0 aromatic heterocycles. The summed E-state index contributed by atoms with van der Waals surface area (Å²) in [4.78, 5) is 28.2. The number of amides is 3. The van der Waals surface area contributed by atoms with E-state index >= 15 is 0 Å². The van der Waals surface area contributed by atoms with Crippen LogP contribution in [0.25, 0.3) is 0 Å². The quantitative estimate of drug-likeness (QED) is 0.883. The number of imide groups is 1. The molecule has 1 aliphatic rings. The van der Waals surface area contributed by atoms with E-state index in [1.54, 1.807) is 31.2 Å². The lowest BCUT2D eigenvalue weighted by molar-refractivity contribution is -0.127. The minimum Gasteiger partial charge on any atom is -0.311 e. The van der Waals surface area contributed by atoms with E-state index in [1.807, 2.05) is 48.3 Å². The monoisotopic (exact) mass is 309 g/mol. The van der Waals surface area contributed by atoms with E-state index in [0.717, 1.165) is 5.56 Å².